The van der Waals surface area contributed by atoms with E-state index in [1.54, 1.807) is 0 Å². The van der Waals surface area contributed by atoms with E-state index in [0.29, 0.717) is 16.7 Å². The molecule has 0 aliphatic rings. The van der Waals surface area contributed by atoms with Gasteiger partial charge in [-0.3, -0.25) is 0 Å². The van der Waals surface area contributed by atoms with Crippen molar-refractivity contribution in [2.24, 2.45) is 0 Å². The first-order chi connectivity index (χ1) is 9.20. The zero-order valence-electron chi connectivity index (χ0n) is 10.8. The summed E-state index contributed by atoms with van der Waals surface area (Å²) in [6.45, 7) is 2.55. The fraction of sp³-hybridized carbons (Fsp3) is 0.250. The Labute approximate surface area is 124 Å². The maximum atomic E-state index is 6.11. The highest BCUT2D eigenvalue weighted by atomic mass is 35.5. The minimum atomic E-state index is 0.383. The Bertz CT molecular complexity index is 532. The highest BCUT2D eigenvalue weighted by Gasteiger charge is 2.06. The summed E-state index contributed by atoms with van der Waals surface area (Å²) >= 11 is 12.2. The summed E-state index contributed by atoms with van der Waals surface area (Å²) in [6.07, 6.45) is 2.18. The number of aryl methyl sites for hydroxylation is 1. The van der Waals surface area contributed by atoms with Crippen LogP contribution in [-0.2, 0) is 13.0 Å². The molecule has 0 N–H and O–H groups in total. The Morgan fingerprint density at radius 2 is 1.68 bits per heavy atom. The summed E-state index contributed by atoms with van der Waals surface area (Å²) < 4.78 is 5.77. The summed E-state index contributed by atoms with van der Waals surface area (Å²) in [6, 6.07) is 13.6. The SMILES string of the molecule is CCCc1cccc(OCc2c(Cl)cccc2Cl)c1. The van der Waals surface area contributed by atoms with Crippen molar-refractivity contribution < 1.29 is 4.74 Å². The number of hydrogen-bond donors (Lipinski definition) is 0. The van der Waals surface area contributed by atoms with Gasteiger partial charge in [-0.05, 0) is 36.2 Å². The third kappa shape index (κ3) is 3.89. The van der Waals surface area contributed by atoms with E-state index >= 15 is 0 Å². The van der Waals surface area contributed by atoms with Gasteiger partial charge in [0.1, 0.15) is 12.4 Å². The van der Waals surface area contributed by atoms with Crippen molar-refractivity contribution in [2.45, 2.75) is 26.4 Å². The molecule has 0 radical (unpaired) electrons. The van der Waals surface area contributed by atoms with Crippen molar-refractivity contribution >= 4 is 23.2 Å². The van der Waals surface area contributed by atoms with Crippen LogP contribution in [0.1, 0.15) is 24.5 Å². The number of benzene rings is 2. The Kier molecular flexibility index (Phi) is 5.12. The maximum absolute atomic E-state index is 6.11. The molecule has 0 heterocycles. The molecule has 0 bridgehead atoms. The smallest absolute Gasteiger partial charge is 0.120 e. The second-order valence-corrected chi connectivity index (χ2v) is 5.20. The molecule has 0 unspecified atom stereocenters. The first kappa shape index (κ1) is 14.2. The Hall–Kier alpha value is -1.18. The van der Waals surface area contributed by atoms with Crippen molar-refractivity contribution in [3.05, 3.63) is 63.6 Å². The van der Waals surface area contributed by atoms with Gasteiger partial charge in [-0.25, -0.2) is 0 Å². The fourth-order valence-corrected chi connectivity index (χ4v) is 2.41. The van der Waals surface area contributed by atoms with Crippen LogP contribution in [0.25, 0.3) is 0 Å². The molecule has 0 aliphatic carbocycles. The number of rotatable bonds is 5. The first-order valence-electron chi connectivity index (χ1n) is 6.35. The molecule has 3 heteroatoms. The molecule has 2 rings (SSSR count). The van der Waals surface area contributed by atoms with Gasteiger partial charge in [0.05, 0.1) is 0 Å². The molecule has 0 spiro atoms. The highest BCUT2D eigenvalue weighted by Crippen LogP contribution is 2.26. The van der Waals surface area contributed by atoms with Gasteiger partial charge in [-0.15, -0.1) is 0 Å². The number of halogens is 2. The normalized spacial score (nSPS) is 10.5. The third-order valence-electron chi connectivity index (χ3n) is 2.88. The predicted octanol–water partition coefficient (Wildman–Crippen LogP) is 5.52. The van der Waals surface area contributed by atoms with E-state index in [1.807, 2.05) is 30.3 Å². The topological polar surface area (TPSA) is 9.23 Å². The van der Waals surface area contributed by atoms with Crippen LogP contribution in [-0.4, -0.2) is 0 Å². The molecular weight excluding hydrogens is 279 g/mol. The van der Waals surface area contributed by atoms with Crippen LogP contribution < -0.4 is 4.74 Å². The van der Waals surface area contributed by atoms with E-state index in [4.69, 9.17) is 27.9 Å². The fourth-order valence-electron chi connectivity index (χ4n) is 1.91. The Morgan fingerprint density at radius 1 is 1.00 bits per heavy atom. The van der Waals surface area contributed by atoms with Crippen LogP contribution in [0.15, 0.2) is 42.5 Å². The molecule has 0 aromatic heterocycles. The van der Waals surface area contributed by atoms with Gasteiger partial charge in [0.15, 0.2) is 0 Å². The summed E-state index contributed by atoms with van der Waals surface area (Å²) in [5.74, 6) is 0.849. The van der Waals surface area contributed by atoms with Crippen LogP contribution in [0, 0.1) is 0 Å². The van der Waals surface area contributed by atoms with Crippen molar-refractivity contribution in [2.75, 3.05) is 0 Å². The third-order valence-corrected chi connectivity index (χ3v) is 3.59. The molecule has 0 fully saturated rings. The summed E-state index contributed by atoms with van der Waals surface area (Å²) in [5.41, 5.74) is 2.11. The first-order valence-corrected chi connectivity index (χ1v) is 7.11. The Balaban J connectivity index is 2.08. The van der Waals surface area contributed by atoms with Gasteiger partial charge < -0.3 is 4.74 Å². The number of ether oxygens (including phenoxy) is 1. The van der Waals surface area contributed by atoms with Crippen molar-refractivity contribution in [1.82, 2.24) is 0 Å². The molecule has 19 heavy (non-hydrogen) atoms. The van der Waals surface area contributed by atoms with E-state index in [1.165, 1.54) is 5.56 Å². The van der Waals surface area contributed by atoms with Crippen LogP contribution in [0.4, 0.5) is 0 Å². The van der Waals surface area contributed by atoms with Gasteiger partial charge >= 0.3 is 0 Å². The lowest BCUT2D eigenvalue weighted by molar-refractivity contribution is 0.306. The molecule has 100 valence electrons. The lowest BCUT2D eigenvalue weighted by atomic mass is 10.1. The van der Waals surface area contributed by atoms with Crippen LogP contribution >= 0.6 is 23.2 Å². The second-order valence-electron chi connectivity index (χ2n) is 4.39. The van der Waals surface area contributed by atoms with E-state index in [2.05, 4.69) is 19.1 Å². The summed E-state index contributed by atoms with van der Waals surface area (Å²) in [4.78, 5) is 0. The second kappa shape index (κ2) is 6.83. The molecule has 0 amide bonds. The van der Waals surface area contributed by atoms with Gasteiger partial charge in [-0.1, -0.05) is 54.7 Å². The molecule has 0 aliphatic heterocycles. The molecule has 2 aromatic rings. The van der Waals surface area contributed by atoms with Crippen LogP contribution in [0.5, 0.6) is 5.75 Å². The van der Waals surface area contributed by atoms with E-state index < -0.39 is 0 Å². The van der Waals surface area contributed by atoms with Gasteiger partial charge in [0.25, 0.3) is 0 Å². The standard InChI is InChI=1S/C16H16Cl2O/c1-2-5-12-6-3-7-13(10-12)19-11-14-15(17)8-4-9-16(14)18/h3-4,6-10H,2,5,11H2,1H3. The largest absolute Gasteiger partial charge is 0.489 e. The van der Waals surface area contributed by atoms with E-state index in [9.17, 15) is 0 Å². The predicted molar refractivity (Wildman–Crippen MR) is 81.2 cm³/mol. The van der Waals surface area contributed by atoms with Crippen molar-refractivity contribution in [3.8, 4) is 5.75 Å². The molecule has 1 nitrogen and oxygen atoms in total. The Morgan fingerprint density at radius 3 is 2.37 bits per heavy atom. The van der Waals surface area contributed by atoms with E-state index in [-0.39, 0.29) is 0 Å². The van der Waals surface area contributed by atoms with Crippen LogP contribution in [0.2, 0.25) is 10.0 Å². The van der Waals surface area contributed by atoms with Gasteiger partial charge in [-0.2, -0.15) is 0 Å². The van der Waals surface area contributed by atoms with E-state index in [0.717, 1.165) is 24.2 Å². The molecule has 2 aromatic carbocycles. The van der Waals surface area contributed by atoms with Crippen LogP contribution in [0.3, 0.4) is 0 Å². The molecular formula is C16H16Cl2O. The average molecular weight is 295 g/mol. The van der Waals surface area contributed by atoms with Crippen molar-refractivity contribution in [1.29, 1.82) is 0 Å². The monoisotopic (exact) mass is 294 g/mol. The average Bonchev–Trinajstić information content (AvgIpc) is 2.39. The molecule has 0 saturated carbocycles. The lowest BCUT2D eigenvalue weighted by Crippen LogP contribution is -1.98. The minimum Gasteiger partial charge on any atom is -0.489 e. The van der Waals surface area contributed by atoms with Gasteiger partial charge in [0, 0.05) is 15.6 Å². The molecule has 0 saturated heterocycles. The highest BCUT2D eigenvalue weighted by molar-refractivity contribution is 6.35. The summed E-state index contributed by atoms with van der Waals surface area (Å²) in [7, 11) is 0. The van der Waals surface area contributed by atoms with Gasteiger partial charge in [0.2, 0.25) is 0 Å². The minimum absolute atomic E-state index is 0.383. The summed E-state index contributed by atoms with van der Waals surface area (Å²) in [5, 5.41) is 1.27. The van der Waals surface area contributed by atoms with Crippen molar-refractivity contribution in [3.63, 3.8) is 0 Å². The zero-order valence-corrected chi connectivity index (χ0v) is 12.3. The number of hydrogen-bond acceptors (Lipinski definition) is 1. The lowest BCUT2D eigenvalue weighted by Gasteiger charge is -2.10. The zero-order chi connectivity index (χ0) is 13.7. The quantitative estimate of drug-likeness (QED) is 0.705. The maximum Gasteiger partial charge on any atom is 0.120 e. The molecule has 0 atom stereocenters.